The van der Waals surface area contributed by atoms with Crippen molar-refractivity contribution >= 4 is 6.09 Å². The van der Waals surface area contributed by atoms with Crippen LogP contribution in [0.25, 0.3) is 0 Å². The predicted molar refractivity (Wildman–Crippen MR) is 92.1 cm³/mol. The molecule has 0 saturated heterocycles. The van der Waals surface area contributed by atoms with Crippen LogP contribution in [0.5, 0.6) is 0 Å². The Kier molecular flexibility index (Phi) is 10.4. The van der Waals surface area contributed by atoms with Crippen LogP contribution in [0.4, 0.5) is 4.79 Å². The molecule has 0 spiro atoms. The quantitative estimate of drug-likeness (QED) is 0.343. The van der Waals surface area contributed by atoms with Gasteiger partial charge in [0.1, 0.15) is 11.7 Å². The summed E-state index contributed by atoms with van der Waals surface area (Å²) in [6.45, 7) is 12.8. The van der Waals surface area contributed by atoms with E-state index < -0.39 is 5.60 Å². The van der Waals surface area contributed by atoms with Gasteiger partial charge in [-0.05, 0) is 60.9 Å². The fourth-order valence-corrected chi connectivity index (χ4v) is 2.04. The molecule has 0 rings (SSSR count). The number of hydrogen-bond acceptors (Lipinski definition) is 5. The van der Waals surface area contributed by atoms with E-state index in [1.807, 2.05) is 41.5 Å². The number of nitrogens with two attached hydrogens (primary N) is 1. The smallest absolute Gasteiger partial charge is 0.407 e. The van der Waals surface area contributed by atoms with Crippen LogP contribution >= 0.6 is 0 Å². The number of rotatable bonds is 11. The maximum absolute atomic E-state index is 11.7. The van der Waals surface area contributed by atoms with Crippen LogP contribution in [0.1, 0.15) is 73.6 Å². The van der Waals surface area contributed by atoms with E-state index in [9.17, 15) is 4.79 Å². The van der Waals surface area contributed by atoms with Crippen LogP contribution in [0, 0.1) is 0 Å². The zero-order chi connectivity index (χ0) is 17.9. The molecule has 1 unspecified atom stereocenters. The van der Waals surface area contributed by atoms with Crippen molar-refractivity contribution in [3.63, 3.8) is 0 Å². The molecule has 6 nitrogen and oxygen atoms in total. The summed E-state index contributed by atoms with van der Waals surface area (Å²) in [6.07, 6.45) is 4.05. The van der Waals surface area contributed by atoms with Crippen molar-refractivity contribution in [2.45, 2.75) is 91.0 Å². The highest BCUT2D eigenvalue weighted by Crippen LogP contribution is 2.22. The highest BCUT2D eigenvalue weighted by atomic mass is 17.2. The Hall–Kier alpha value is -0.850. The molecule has 6 heteroatoms. The molecule has 0 fully saturated rings. The van der Waals surface area contributed by atoms with Crippen LogP contribution in [0.3, 0.4) is 0 Å². The van der Waals surface area contributed by atoms with Crippen molar-refractivity contribution in [2.24, 2.45) is 5.73 Å². The Morgan fingerprint density at radius 3 is 2.22 bits per heavy atom. The molecule has 0 radical (unpaired) electrons. The van der Waals surface area contributed by atoms with Crippen molar-refractivity contribution in [3.8, 4) is 0 Å². The number of amides is 1. The highest BCUT2D eigenvalue weighted by molar-refractivity contribution is 5.67. The molecule has 0 aromatic rings. The third-order valence-electron chi connectivity index (χ3n) is 3.00. The summed E-state index contributed by atoms with van der Waals surface area (Å²) in [7, 11) is 0. The SMILES string of the molecule is CC(CC(C)(C)OOC(C)(C)C)OC(=O)NCCCCCCN. The Bertz CT molecular complexity index is 327. The first-order valence-corrected chi connectivity index (χ1v) is 8.57. The molecule has 0 aliphatic carbocycles. The molecule has 0 bridgehead atoms. The maximum Gasteiger partial charge on any atom is 0.407 e. The van der Waals surface area contributed by atoms with E-state index in [0.717, 1.165) is 32.2 Å². The monoisotopic (exact) mass is 332 g/mol. The number of unbranched alkanes of at least 4 members (excludes halogenated alkanes) is 3. The lowest BCUT2D eigenvalue weighted by molar-refractivity contribution is -0.399. The van der Waals surface area contributed by atoms with E-state index >= 15 is 0 Å². The molecule has 138 valence electrons. The van der Waals surface area contributed by atoms with E-state index in [2.05, 4.69) is 5.32 Å². The van der Waals surface area contributed by atoms with Gasteiger partial charge in [-0.2, -0.15) is 0 Å². The van der Waals surface area contributed by atoms with Gasteiger partial charge in [-0.25, -0.2) is 14.6 Å². The Labute approximate surface area is 141 Å². The number of hydrogen-bond donors (Lipinski definition) is 2. The number of carbonyl (C=O) groups excluding carboxylic acids is 1. The van der Waals surface area contributed by atoms with Gasteiger partial charge in [-0.15, -0.1) is 0 Å². The molecule has 0 aromatic heterocycles. The van der Waals surface area contributed by atoms with Gasteiger partial charge in [0.2, 0.25) is 0 Å². The van der Waals surface area contributed by atoms with E-state index in [-0.39, 0.29) is 17.8 Å². The first-order chi connectivity index (χ1) is 10.6. The molecule has 1 amide bonds. The molecule has 0 aromatic carbocycles. The largest absolute Gasteiger partial charge is 0.446 e. The van der Waals surface area contributed by atoms with Crippen molar-refractivity contribution in [1.29, 1.82) is 0 Å². The molecule has 0 aliphatic heterocycles. The lowest BCUT2D eigenvalue weighted by Gasteiger charge is -2.30. The fourth-order valence-electron chi connectivity index (χ4n) is 2.04. The lowest BCUT2D eigenvalue weighted by Crippen LogP contribution is -2.36. The Morgan fingerprint density at radius 1 is 1.04 bits per heavy atom. The molecule has 1 atom stereocenters. The summed E-state index contributed by atoms with van der Waals surface area (Å²) in [4.78, 5) is 22.5. The minimum Gasteiger partial charge on any atom is -0.446 e. The summed E-state index contributed by atoms with van der Waals surface area (Å²) in [5, 5.41) is 2.77. The van der Waals surface area contributed by atoms with Gasteiger partial charge in [0.25, 0.3) is 0 Å². The van der Waals surface area contributed by atoms with E-state index in [0.29, 0.717) is 13.0 Å². The predicted octanol–water partition coefficient (Wildman–Crippen LogP) is 3.54. The third kappa shape index (κ3) is 14.5. The third-order valence-corrected chi connectivity index (χ3v) is 3.00. The minimum absolute atomic E-state index is 0.259. The first kappa shape index (κ1) is 22.1. The van der Waals surface area contributed by atoms with Crippen LogP contribution in [-0.2, 0) is 14.5 Å². The van der Waals surface area contributed by atoms with Crippen LogP contribution < -0.4 is 11.1 Å². The molecule has 0 saturated carbocycles. The van der Waals surface area contributed by atoms with Crippen molar-refractivity contribution < 1.29 is 19.3 Å². The standard InChI is InChI=1S/C17H36N2O4/c1-14(13-17(5,6)23-22-16(2,3)4)21-15(20)19-12-10-8-7-9-11-18/h14H,7-13,18H2,1-6H3,(H,19,20). The average molecular weight is 332 g/mol. The summed E-state index contributed by atoms with van der Waals surface area (Å²) >= 11 is 0. The molecular weight excluding hydrogens is 296 g/mol. The maximum atomic E-state index is 11.7. The summed E-state index contributed by atoms with van der Waals surface area (Å²) in [5.41, 5.74) is 4.53. The van der Waals surface area contributed by atoms with Gasteiger partial charge in [0, 0.05) is 13.0 Å². The number of carbonyl (C=O) groups is 1. The molecule has 0 heterocycles. The first-order valence-electron chi connectivity index (χ1n) is 8.57. The van der Waals surface area contributed by atoms with Gasteiger partial charge in [0.15, 0.2) is 0 Å². The van der Waals surface area contributed by atoms with E-state index in [1.165, 1.54) is 0 Å². The zero-order valence-electron chi connectivity index (χ0n) is 15.7. The second kappa shape index (κ2) is 10.8. The van der Waals surface area contributed by atoms with E-state index in [4.69, 9.17) is 20.2 Å². The van der Waals surface area contributed by atoms with Crippen LogP contribution in [-0.4, -0.2) is 36.5 Å². The Morgan fingerprint density at radius 2 is 1.65 bits per heavy atom. The van der Waals surface area contributed by atoms with Gasteiger partial charge in [-0.1, -0.05) is 12.8 Å². The van der Waals surface area contributed by atoms with Crippen LogP contribution in [0.15, 0.2) is 0 Å². The van der Waals surface area contributed by atoms with Gasteiger partial charge < -0.3 is 15.8 Å². The number of alkyl carbamates (subject to hydrolysis) is 1. The second-order valence-electron chi connectivity index (χ2n) is 7.59. The van der Waals surface area contributed by atoms with Crippen LogP contribution in [0.2, 0.25) is 0 Å². The van der Waals surface area contributed by atoms with Gasteiger partial charge in [-0.3, -0.25) is 0 Å². The fraction of sp³-hybridized carbons (Fsp3) is 0.941. The molecule has 0 aliphatic rings. The molecule has 23 heavy (non-hydrogen) atoms. The normalized spacial score (nSPS) is 13.7. The van der Waals surface area contributed by atoms with Gasteiger partial charge in [0.05, 0.1) is 5.60 Å². The summed E-state index contributed by atoms with van der Waals surface area (Å²) < 4.78 is 5.34. The lowest BCUT2D eigenvalue weighted by atomic mass is 10.0. The van der Waals surface area contributed by atoms with E-state index in [1.54, 1.807) is 0 Å². The molecular formula is C17H36N2O4. The topological polar surface area (TPSA) is 82.8 Å². The Balaban J connectivity index is 3.89. The van der Waals surface area contributed by atoms with Crippen molar-refractivity contribution in [2.75, 3.05) is 13.1 Å². The average Bonchev–Trinajstić information content (AvgIpc) is 2.39. The second-order valence-corrected chi connectivity index (χ2v) is 7.59. The highest BCUT2D eigenvalue weighted by Gasteiger charge is 2.27. The number of nitrogens with one attached hydrogen (secondary N) is 1. The minimum atomic E-state index is -0.533. The van der Waals surface area contributed by atoms with Gasteiger partial charge >= 0.3 is 6.09 Å². The summed E-state index contributed by atoms with van der Waals surface area (Å²) in [6, 6.07) is 0. The summed E-state index contributed by atoms with van der Waals surface area (Å²) in [5.74, 6) is 0. The van der Waals surface area contributed by atoms with Crippen molar-refractivity contribution in [3.05, 3.63) is 0 Å². The zero-order valence-corrected chi connectivity index (χ0v) is 15.7. The molecule has 3 N–H and O–H groups in total. The number of ether oxygens (including phenoxy) is 1. The van der Waals surface area contributed by atoms with Crippen molar-refractivity contribution in [1.82, 2.24) is 5.32 Å².